The summed E-state index contributed by atoms with van der Waals surface area (Å²) >= 11 is 1.37. The first-order valence-corrected chi connectivity index (χ1v) is 12.0. The predicted molar refractivity (Wildman–Crippen MR) is 119 cm³/mol. The van der Waals surface area contributed by atoms with Crippen molar-refractivity contribution in [3.8, 4) is 5.75 Å². The number of benzene rings is 1. The van der Waals surface area contributed by atoms with E-state index < -0.39 is 5.97 Å². The molecule has 2 heterocycles. The molecule has 6 nitrogen and oxygen atoms in total. The van der Waals surface area contributed by atoms with Crippen LogP contribution in [0, 0.1) is 18.8 Å². The Kier molecular flexibility index (Phi) is 6.94. The standard InChI is InChI=1S/C24H31NO5S/c1-4-5-15-10-16(7-6-14(15)2)29-12-18-17-8-9-20(30-22(17)11-21(18)28-3)23-25-19(13-31-23)24(26)27/h6-7,10,13,17-18,20-22H,4-5,8-9,11-12H2,1-3H3,(H,26,27)/t17-,18-,20-,21+,22+/m1/s1. The Morgan fingerprint density at radius 2 is 2.19 bits per heavy atom. The van der Waals surface area contributed by atoms with Crippen molar-refractivity contribution < 1.29 is 24.1 Å². The first-order chi connectivity index (χ1) is 15.0. The van der Waals surface area contributed by atoms with E-state index in [9.17, 15) is 4.79 Å². The Labute approximate surface area is 187 Å². The Morgan fingerprint density at radius 1 is 1.35 bits per heavy atom. The molecule has 1 aliphatic carbocycles. The lowest BCUT2D eigenvalue weighted by Crippen LogP contribution is -2.33. The number of hydrogen-bond acceptors (Lipinski definition) is 6. The fraction of sp³-hybridized carbons (Fsp3) is 0.583. The van der Waals surface area contributed by atoms with Gasteiger partial charge in [-0.05, 0) is 55.4 Å². The van der Waals surface area contributed by atoms with Crippen LogP contribution in [0.3, 0.4) is 0 Å². The molecule has 1 saturated carbocycles. The van der Waals surface area contributed by atoms with E-state index in [0.717, 1.165) is 42.9 Å². The first kappa shape index (κ1) is 22.2. The van der Waals surface area contributed by atoms with Crippen molar-refractivity contribution >= 4 is 17.3 Å². The minimum Gasteiger partial charge on any atom is -0.493 e. The fourth-order valence-corrected chi connectivity index (χ4v) is 5.86. The number of carboxylic acids is 1. The van der Waals surface area contributed by atoms with Crippen molar-refractivity contribution in [1.29, 1.82) is 0 Å². The van der Waals surface area contributed by atoms with Crippen molar-refractivity contribution in [3.63, 3.8) is 0 Å². The molecule has 0 amide bonds. The third-order valence-corrected chi connectivity index (χ3v) is 7.61. The molecule has 2 fully saturated rings. The zero-order chi connectivity index (χ0) is 22.0. The number of fused-ring (bicyclic) bond motifs is 1. The van der Waals surface area contributed by atoms with Crippen molar-refractivity contribution in [2.75, 3.05) is 13.7 Å². The highest BCUT2D eigenvalue weighted by Gasteiger charge is 2.48. The first-order valence-electron chi connectivity index (χ1n) is 11.1. The van der Waals surface area contributed by atoms with E-state index in [1.165, 1.54) is 22.5 Å². The second-order valence-electron chi connectivity index (χ2n) is 8.60. The highest BCUT2D eigenvalue weighted by Crippen LogP contribution is 2.47. The molecule has 7 heteroatoms. The average Bonchev–Trinajstić information content (AvgIpc) is 3.39. The molecule has 1 aromatic heterocycles. The lowest BCUT2D eigenvalue weighted by atomic mass is 9.87. The van der Waals surface area contributed by atoms with Crippen LogP contribution in [0.25, 0.3) is 0 Å². The molecule has 2 aromatic rings. The lowest BCUT2D eigenvalue weighted by molar-refractivity contribution is -0.0811. The van der Waals surface area contributed by atoms with Crippen molar-refractivity contribution in [2.45, 2.75) is 64.3 Å². The highest BCUT2D eigenvalue weighted by atomic mass is 32.1. The zero-order valence-electron chi connectivity index (χ0n) is 18.4. The SMILES string of the molecule is CCCc1cc(OC[C@@H]2[C@H]3CC[C@H](c4nc(C(=O)O)cs4)O[C@H]3C[C@@H]2OC)ccc1C. The largest absolute Gasteiger partial charge is 0.493 e. The van der Waals surface area contributed by atoms with E-state index in [2.05, 4.69) is 37.0 Å². The van der Waals surface area contributed by atoms with Gasteiger partial charge in [0.2, 0.25) is 0 Å². The molecule has 2 aliphatic rings. The summed E-state index contributed by atoms with van der Waals surface area (Å²) in [7, 11) is 1.76. The van der Waals surface area contributed by atoms with Crippen LogP contribution in [0.4, 0.5) is 0 Å². The van der Waals surface area contributed by atoms with Gasteiger partial charge in [0.25, 0.3) is 0 Å². The van der Waals surface area contributed by atoms with E-state index in [1.807, 2.05) is 0 Å². The average molecular weight is 446 g/mol. The maximum absolute atomic E-state index is 11.1. The van der Waals surface area contributed by atoms with Gasteiger partial charge in [-0.1, -0.05) is 19.4 Å². The molecule has 5 atom stereocenters. The number of methoxy groups -OCH3 is 1. The van der Waals surface area contributed by atoms with Crippen LogP contribution in [0.2, 0.25) is 0 Å². The molecular weight excluding hydrogens is 414 g/mol. The molecule has 0 spiro atoms. The Morgan fingerprint density at radius 3 is 2.90 bits per heavy atom. The van der Waals surface area contributed by atoms with Gasteiger partial charge in [-0.15, -0.1) is 11.3 Å². The van der Waals surface area contributed by atoms with E-state index in [-0.39, 0.29) is 29.9 Å². The predicted octanol–water partition coefficient (Wildman–Crippen LogP) is 5.05. The molecule has 0 bridgehead atoms. The van der Waals surface area contributed by atoms with Crippen LogP contribution >= 0.6 is 11.3 Å². The van der Waals surface area contributed by atoms with E-state index in [4.69, 9.17) is 19.3 Å². The second kappa shape index (κ2) is 9.67. The number of aromatic carboxylic acids is 1. The van der Waals surface area contributed by atoms with Gasteiger partial charge in [0.1, 0.15) is 16.9 Å². The van der Waals surface area contributed by atoms with Gasteiger partial charge in [0.05, 0.1) is 18.8 Å². The monoisotopic (exact) mass is 445 g/mol. The summed E-state index contributed by atoms with van der Waals surface area (Å²) in [6.07, 6.45) is 4.90. The topological polar surface area (TPSA) is 77.9 Å². The zero-order valence-corrected chi connectivity index (χ0v) is 19.2. The number of nitrogens with zero attached hydrogens (tertiary/aromatic N) is 1. The lowest BCUT2D eigenvalue weighted by Gasteiger charge is -2.34. The summed E-state index contributed by atoms with van der Waals surface area (Å²) < 4.78 is 18.4. The van der Waals surface area contributed by atoms with Crippen LogP contribution in [0.1, 0.15) is 65.3 Å². The van der Waals surface area contributed by atoms with Gasteiger partial charge < -0.3 is 19.3 Å². The van der Waals surface area contributed by atoms with E-state index in [1.54, 1.807) is 12.5 Å². The molecule has 1 N–H and O–H groups in total. The number of rotatable bonds is 8. The molecule has 4 rings (SSSR count). The third kappa shape index (κ3) is 4.78. The van der Waals surface area contributed by atoms with Gasteiger partial charge in [-0.25, -0.2) is 9.78 Å². The molecule has 31 heavy (non-hydrogen) atoms. The van der Waals surface area contributed by atoms with Crippen LogP contribution in [0.15, 0.2) is 23.6 Å². The maximum atomic E-state index is 11.1. The number of carbonyl (C=O) groups is 1. The van der Waals surface area contributed by atoms with Gasteiger partial charge in [-0.2, -0.15) is 0 Å². The van der Waals surface area contributed by atoms with Gasteiger partial charge in [-0.3, -0.25) is 0 Å². The Hall–Kier alpha value is -1.96. The minimum atomic E-state index is -0.994. The number of ether oxygens (including phenoxy) is 3. The Bertz CT molecular complexity index is 913. The van der Waals surface area contributed by atoms with Gasteiger partial charge >= 0.3 is 5.97 Å². The molecular formula is C24H31NO5S. The maximum Gasteiger partial charge on any atom is 0.355 e. The van der Waals surface area contributed by atoms with Gasteiger partial charge in [0, 0.05) is 24.8 Å². The van der Waals surface area contributed by atoms with Crippen LogP contribution in [0.5, 0.6) is 5.75 Å². The smallest absolute Gasteiger partial charge is 0.355 e. The second-order valence-corrected chi connectivity index (χ2v) is 9.49. The number of carboxylic acid groups (broad SMARTS) is 1. The highest BCUT2D eigenvalue weighted by molar-refractivity contribution is 7.09. The normalized spacial score (nSPS) is 27.8. The summed E-state index contributed by atoms with van der Waals surface area (Å²) in [5, 5.41) is 11.5. The van der Waals surface area contributed by atoms with Crippen molar-refractivity contribution in [1.82, 2.24) is 4.98 Å². The summed E-state index contributed by atoms with van der Waals surface area (Å²) in [6, 6.07) is 6.36. The summed E-state index contributed by atoms with van der Waals surface area (Å²) in [5.41, 5.74) is 2.75. The molecule has 1 aromatic carbocycles. The van der Waals surface area contributed by atoms with Crippen molar-refractivity contribution in [3.05, 3.63) is 45.4 Å². The molecule has 0 radical (unpaired) electrons. The van der Waals surface area contributed by atoms with E-state index >= 15 is 0 Å². The number of thiazole rings is 1. The summed E-state index contributed by atoms with van der Waals surface area (Å²) in [4.78, 5) is 15.4. The number of aromatic nitrogens is 1. The van der Waals surface area contributed by atoms with E-state index in [0.29, 0.717) is 12.5 Å². The molecule has 168 valence electrons. The Balaban J connectivity index is 1.41. The van der Waals surface area contributed by atoms with Crippen LogP contribution in [-0.4, -0.2) is 42.0 Å². The third-order valence-electron chi connectivity index (χ3n) is 6.67. The quantitative estimate of drug-likeness (QED) is 0.612. The van der Waals surface area contributed by atoms with Crippen LogP contribution in [-0.2, 0) is 15.9 Å². The summed E-state index contributed by atoms with van der Waals surface area (Å²) in [6.45, 7) is 4.96. The number of hydrogen-bond donors (Lipinski definition) is 1. The van der Waals surface area contributed by atoms with Gasteiger partial charge in [0.15, 0.2) is 5.69 Å². The molecule has 1 saturated heterocycles. The summed E-state index contributed by atoms with van der Waals surface area (Å²) in [5.74, 6) is 0.580. The molecule has 1 aliphatic heterocycles. The number of aryl methyl sites for hydroxylation is 2. The minimum absolute atomic E-state index is 0.0862. The molecule has 0 unspecified atom stereocenters. The fourth-order valence-electron chi connectivity index (χ4n) is 5.00. The van der Waals surface area contributed by atoms with Crippen LogP contribution < -0.4 is 4.74 Å². The van der Waals surface area contributed by atoms with Crippen molar-refractivity contribution in [2.24, 2.45) is 11.8 Å².